The van der Waals surface area contributed by atoms with Gasteiger partial charge in [-0.3, -0.25) is 4.90 Å². The van der Waals surface area contributed by atoms with Gasteiger partial charge >= 0.3 is 0 Å². The molecule has 0 aliphatic carbocycles. The molecular formula is C15H25IN4. The van der Waals surface area contributed by atoms with Gasteiger partial charge in [-0.25, -0.2) is 4.99 Å². The first-order valence-corrected chi connectivity index (χ1v) is 6.99. The van der Waals surface area contributed by atoms with Crippen molar-refractivity contribution >= 4 is 29.9 Å². The van der Waals surface area contributed by atoms with Crippen LogP contribution in [0.4, 0.5) is 0 Å². The average Bonchev–Trinajstić information content (AvgIpc) is 2.38. The Balaban J connectivity index is 0.00000200. The minimum absolute atomic E-state index is 0. The van der Waals surface area contributed by atoms with Gasteiger partial charge in [0.2, 0.25) is 0 Å². The van der Waals surface area contributed by atoms with E-state index in [1.807, 2.05) is 6.07 Å². The highest BCUT2D eigenvalue weighted by Crippen LogP contribution is 2.19. The number of halogens is 1. The molecule has 112 valence electrons. The quantitative estimate of drug-likeness (QED) is 0.473. The number of benzene rings is 1. The predicted octanol–water partition coefficient (Wildman–Crippen LogP) is 2.31. The minimum Gasteiger partial charge on any atom is -0.370 e. The number of hydrogen-bond acceptors (Lipinski definition) is 2. The average molecular weight is 388 g/mol. The van der Waals surface area contributed by atoms with E-state index < -0.39 is 0 Å². The van der Waals surface area contributed by atoms with Gasteiger partial charge in [-0.05, 0) is 36.4 Å². The fraction of sp³-hybridized carbons (Fsp3) is 0.533. The van der Waals surface area contributed by atoms with E-state index in [2.05, 4.69) is 35.0 Å². The molecule has 1 unspecified atom stereocenters. The van der Waals surface area contributed by atoms with E-state index in [0.29, 0.717) is 6.54 Å². The topological polar surface area (TPSA) is 67.6 Å². The smallest absolute Gasteiger partial charge is 0.186 e. The molecule has 1 fully saturated rings. The fourth-order valence-electron chi connectivity index (χ4n) is 2.71. The maximum absolute atomic E-state index is 5.41. The fourth-order valence-corrected chi connectivity index (χ4v) is 2.71. The van der Waals surface area contributed by atoms with E-state index in [4.69, 9.17) is 11.5 Å². The first kappa shape index (κ1) is 17.2. The second-order valence-corrected chi connectivity index (χ2v) is 5.49. The lowest BCUT2D eigenvalue weighted by molar-refractivity contribution is 0.176. The van der Waals surface area contributed by atoms with Gasteiger partial charge in [0.1, 0.15) is 0 Å². The summed E-state index contributed by atoms with van der Waals surface area (Å²) in [6.45, 7) is 6.29. The summed E-state index contributed by atoms with van der Waals surface area (Å²) in [5, 5.41) is 0. The Bertz CT molecular complexity index is 443. The Hall–Kier alpha value is -0.820. The summed E-state index contributed by atoms with van der Waals surface area (Å²) in [4.78, 5) is 6.65. The number of hydrogen-bond donors (Lipinski definition) is 2. The molecule has 4 N–H and O–H groups in total. The summed E-state index contributed by atoms with van der Waals surface area (Å²) in [7, 11) is 0. The van der Waals surface area contributed by atoms with Crippen LogP contribution in [0.1, 0.15) is 30.9 Å². The van der Waals surface area contributed by atoms with E-state index in [-0.39, 0.29) is 29.9 Å². The van der Waals surface area contributed by atoms with Crippen molar-refractivity contribution in [3.05, 3.63) is 35.4 Å². The van der Waals surface area contributed by atoms with Crippen LogP contribution >= 0.6 is 24.0 Å². The molecule has 0 aromatic heterocycles. The van der Waals surface area contributed by atoms with Gasteiger partial charge < -0.3 is 11.5 Å². The van der Waals surface area contributed by atoms with Crippen molar-refractivity contribution in [3.63, 3.8) is 0 Å². The number of rotatable bonds is 4. The zero-order chi connectivity index (χ0) is 13.7. The highest BCUT2D eigenvalue weighted by Gasteiger charge is 2.17. The molecule has 0 amide bonds. The number of aliphatic imine (C=N–C) groups is 1. The molecule has 1 atom stereocenters. The van der Waals surface area contributed by atoms with Gasteiger partial charge in [0.25, 0.3) is 0 Å². The van der Waals surface area contributed by atoms with Crippen LogP contribution in [0, 0.1) is 5.92 Å². The van der Waals surface area contributed by atoms with E-state index in [0.717, 1.165) is 12.5 Å². The Labute approximate surface area is 138 Å². The van der Waals surface area contributed by atoms with Gasteiger partial charge in [0, 0.05) is 13.1 Å². The molecule has 5 heteroatoms. The second-order valence-electron chi connectivity index (χ2n) is 5.49. The molecule has 2 rings (SSSR count). The maximum Gasteiger partial charge on any atom is 0.186 e. The van der Waals surface area contributed by atoms with Crippen LogP contribution in [0.2, 0.25) is 0 Å². The molecule has 0 saturated carbocycles. The molecule has 0 radical (unpaired) electrons. The molecule has 1 heterocycles. The van der Waals surface area contributed by atoms with Crippen LogP contribution in [-0.4, -0.2) is 23.9 Å². The van der Waals surface area contributed by atoms with Gasteiger partial charge in [-0.2, -0.15) is 0 Å². The molecule has 1 aliphatic heterocycles. The SMILES string of the molecule is CC1CCCN(Cc2ccccc2CN=C(N)N)C1.I. The highest BCUT2D eigenvalue weighted by atomic mass is 127. The summed E-state index contributed by atoms with van der Waals surface area (Å²) in [5.74, 6) is 0.958. The number of piperidine rings is 1. The molecular weight excluding hydrogens is 363 g/mol. The number of likely N-dealkylation sites (tertiary alicyclic amines) is 1. The largest absolute Gasteiger partial charge is 0.370 e. The van der Waals surface area contributed by atoms with Gasteiger partial charge in [0.05, 0.1) is 6.54 Å². The van der Waals surface area contributed by atoms with E-state index >= 15 is 0 Å². The Kier molecular flexibility index (Phi) is 7.29. The summed E-state index contributed by atoms with van der Waals surface area (Å²) >= 11 is 0. The first-order chi connectivity index (χ1) is 9.15. The van der Waals surface area contributed by atoms with E-state index in [1.165, 1.54) is 37.1 Å². The van der Waals surface area contributed by atoms with E-state index in [9.17, 15) is 0 Å². The standard InChI is InChI=1S/C15H24N4.HI/c1-12-5-4-8-19(10-12)11-14-7-3-2-6-13(14)9-18-15(16)17;/h2-3,6-7,12H,4-5,8-11H2,1H3,(H4,16,17,18);1H. The molecule has 4 nitrogen and oxygen atoms in total. The third-order valence-electron chi connectivity index (χ3n) is 3.69. The highest BCUT2D eigenvalue weighted by molar-refractivity contribution is 14.0. The van der Waals surface area contributed by atoms with Crippen LogP contribution in [0.15, 0.2) is 29.3 Å². The summed E-state index contributed by atoms with van der Waals surface area (Å²) in [6.07, 6.45) is 2.66. The third kappa shape index (κ3) is 5.28. The Morgan fingerprint density at radius 1 is 1.30 bits per heavy atom. The van der Waals surface area contributed by atoms with Crippen molar-refractivity contribution in [1.29, 1.82) is 0 Å². The van der Waals surface area contributed by atoms with Crippen molar-refractivity contribution in [3.8, 4) is 0 Å². The van der Waals surface area contributed by atoms with Crippen molar-refractivity contribution in [2.45, 2.75) is 32.9 Å². The normalized spacial score (nSPS) is 19.1. The monoisotopic (exact) mass is 388 g/mol. The summed E-state index contributed by atoms with van der Waals surface area (Å²) in [6, 6.07) is 8.41. The molecule has 1 saturated heterocycles. The predicted molar refractivity (Wildman–Crippen MR) is 95.0 cm³/mol. The molecule has 1 aromatic carbocycles. The third-order valence-corrected chi connectivity index (χ3v) is 3.69. The van der Waals surface area contributed by atoms with Crippen LogP contribution in [0.3, 0.4) is 0 Å². The summed E-state index contributed by atoms with van der Waals surface area (Å²) < 4.78 is 0. The molecule has 0 bridgehead atoms. The molecule has 0 spiro atoms. The number of nitrogens with zero attached hydrogens (tertiary/aromatic N) is 2. The molecule has 1 aliphatic rings. The van der Waals surface area contributed by atoms with Gasteiger partial charge in [-0.15, -0.1) is 24.0 Å². The van der Waals surface area contributed by atoms with Crippen molar-refractivity contribution in [2.24, 2.45) is 22.4 Å². The van der Waals surface area contributed by atoms with Crippen LogP contribution in [-0.2, 0) is 13.1 Å². The maximum atomic E-state index is 5.41. The van der Waals surface area contributed by atoms with Crippen molar-refractivity contribution in [1.82, 2.24) is 4.90 Å². The van der Waals surface area contributed by atoms with Crippen LogP contribution < -0.4 is 11.5 Å². The lowest BCUT2D eigenvalue weighted by atomic mass is 9.99. The zero-order valence-electron chi connectivity index (χ0n) is 12.1. The number of nitrogens with two attached hydrogens (primary N) is 2. The zero-order valence-corrected chi connectivity index (χ0v) is 14.4. The van der Waals surface area contributed by atoms with Crippen LogP contribution in [0.25, 0.3) is 0 Å². The van der Waals surface area contributed by atoms with Crippen molar-refractivity contribution in [2.75, 3.05) is 13.1 Å². The Morgan fingerprint density at radius 3 is 2.65 bits per heavy atom. The molecule has 20 heavy (non-hydrogen) atoms. The van der Waals surface area contributed by atoms with Gasteiger partial charge in [-0.1, -0.05) is 31.2 Å². The van der Waals surface area contributed by atoms with E-state index in [1.54, 1.807) is 0 Å². The Morgan fingerprint density at radius 2 is 2.00 bits per heavy atom. The van der Waals surface area contributed by atoms with Crippen LogP contribution in [0.5, 0.6) is 0 Å². The molecule has 1 aromatic rings. The lowest BCUT2D eigenvalue weighted by Gasteiger charge is -2.31. The summed E-state index contributed by atoms with van der Waals surface area (Å²) in [5.41, 5.74) is 13.4. The van der Waals surface area contributed by atoms with Crippen molar-refractivity contribution < 1.29 is 0 Å². The number of guanidine groups is 1. The lowest BCUT2D eigenvalue weighted by Crippen LogP contribution is -2.34. The first-order valence-electron chi connectivity index (χ1n) is 6.99. The van der Waals surface area contributed by atoms with Gasteiger partial charge in [0.15, 0.2) is 5.96 Å². The minimum atomic E-state index is 0. The second kappa shape index (κ2) is 8.46.